The van der Waals surface area contributed by atoms with Gasteiger partial charge in [0.15, 0.2) is 0 Å². The summed E-state index contributed by atoms with van der Waals surface area (Å²) < 4.78 is 56.7. The van der Waals surface area contributed by atoms with Crippen LogP contribution in [0.25, 0.3) is 11.4 Å². The number of pyridine rings is 1. The highest BCUT2D eigenvalue weighted by Gasteiger charge is 2.31. The first kappa shape index (κ1) is 23.3. The van der Waals surface area contributed by atoms with Gasteiger partial charge in [-0.2, -0.15) is 13.2 Å². The Balaban J connectivity index is 0.000000913. The first-order valence-electron chi connectivity index (χ1n) is 9.57. The average molecular weight is 448 g/mol. The minimum Gasteiger partial charge on any atom is -0.388 e. The third-order valence-electron chi connectivity index (χ3n) is 4.60. The molecule has 3 heterocycles. The van der Waals surface area contributed by atoms with Gasteiger partial charge in [-0.3, -0.25) is 9.78 Å². The summed E-state index contributed by atoms with van der Waals surface area (Å²) in [6.07, 6.45) is -1.28. The van der Waals surface area contributed by atoms with Gasteiger partial charge in [0.05, 0.1) is 17.0 Å². The molecule has 0 aliphatic carbocycles. The Morgan fingerprint density at radius 3 is 2.56 bits per heavy atom. The van der Waals surface area contributed by atoms with Crippen LogP contribution < -0.4 is 5.32 Å². The lowest BCUT2D eigenvalue weighted by atomic mass is 9.97. The van der Waals surface area contributed by atoms with E-state index in [9.17, 15) is 22.4 Å². The van der Waals surface area contributed by atoms with Crippen molar-refractivity contribution in [3.63, 3.8) is 0 Å². The molecule has 0 bridgehead atoms. The van der Waals surface area contributed by atoms with E-state index in [0.717, 1.165) is 17.7 Å². The summed E-state index contributed by atoms with van der Waals surface area (Å²) in [7, 11) is 3.25. The normalized spacial score (nSPS) is 13.0. The lowest BCUT2D eigenvalue weighted by Gasteiger charge is -2.18. The molecule has 0 radical (unpaired) electrons. The number of hydrogen-bond donors (Lipinski definition) is 1. The van der Waals surface area contributed by atoms with E-state index >= 15 is 0 Å². The number of nitrogens with one attached hydrogen (secondary N) is 1. The van der Waals surface area contributed by atoms with Crippen LogP contribution in [0.2, 0.25) is 0 Å². The monoisotopic (exact) mass is 448 g/mol. The second kappa shape index (κ2) is 9.82. The number of methoxy groups -OCH3 is 1. The fraction of sp³-hybridized carbons (Fsp3) is 0.273. The molecule has 3 aromatic rings. The van der Waals surface area contributed by atoms with E-state index in [-0.39, 0.29) is 17.9 Å². The van der Waals surface area contributed by atoms with Crippen LogP contribution in [-0.4, -0.2) is 41.6 Å². The van der Waals surface area contributed by atoms with E-state index < -0.39 is 17.6 Å². The number of aromatic nitrogens is 3. The van der Waals surface area contributed by atoms with Crippen molar-refractivity contribution >= 4 is 5.91 Å². The number of rotatable bonds is 3. The summed E-state index contributed by atoms with van der Waals surface area (Å²) in [5, 5.41) is 2.76. The number of halogens is 4. The van der Waals surface area contributed by atoms with Crippen LogP contribution in [-0.2, 0) is 23.8 Å². The highest BCUT2D eigenvalue weighted by molar-refractivity contribution is 5.98. The van der Waals surface area contributed by atoms with E-state index in [0.29, 0.717) is 41.7 Å². The van der Waals surface area contributed by atoms with Gasteiger partial charge in [-0.1, -0.05) is 0 Å². The van der Waals surface area contributed by atoms with Gasteiger partial charge in [0.1, 0.15) is 12.1 Å². The standard InChI is InChI=1S/C20H14F4N4O.C2H6O/c21-13-6-11(5-12(8-13)20(22,23)24)7-14-9-17(28-10-27-14)18-15-1-4-26-19(29)16(15)2-3-25-18;1-3-2/h2-3,5-6,8-10H,1,4,7H2,(H,26,29);1-2H3. The van der Waals surface area contributed by atoms with Crippen LogP contribution in [0.4, 0.5) is 17.6 Å². The number of nitrogens with zero attached hydrogens (tertiary/aromatic N) is 3. The molecule has 0 atom stereocenters. The molecule has 4 rings (SSSR count). The molecule has 168 valence electrons. The minimum absolute atomic E-state index is 0.00807. The maximum absolute atomic E-state index is 13.6. The Kier molecular flexibility index (Phi) is 7.14. The van der Waals surface area contributed by atoms with Gasteiger partial charge >= 0.3 is 6.18 Å². The topological polar surface area (TPSA) is 77.0 Å². The second-order valence-electron chi connectivity index (χ2n) is 7.02. The van der Waals surface area contributed by atoms with Crippen LogP contribution in [0.3, 0.4) is 0 Å². The van der Waals surface area contributed by atoms with E-state index in [1.165, 1.54) is 12.5 Å². The van der Waals surface area contributed by atoms with Crippen LogP contribution in [0.15, 0.2) is 42.9 Å². The van der Waals surface area contributed by atoms with Crippen molar-refractivity contribution in [3.8, 4) is 11.4 Å². The molecule has 32 heavy (non-hydrogen) atoms. The molecule has 0 saturated heterocycles. The zero-order chi connectivity index (χ0) is 23.3. The largest absolute Gasteiger partial charge is 0.416 e. The predicted octanol–water partition coefficient (Wildman–Crippen LogP) is 3.84. The maximum Gasteiger partial charge on any atom is 0.416 e. The number of ether oxygens (including phenoxy) is 1. The van der Waals surface area contributed by atoms with Gasteiger partial charge < -0.3 is 10.1 Å². The van der Waals surface area contributed by atoms with Crippen LogP contribution in [0.5, 0.6) is 0 Å². The quantitative estimate of drug-likeness (QED) is 0.617. The number of hydrogen-bond acceptors (Lipinski definition) is 5. The fourth-order valence-electron chi connectivity index (χ4n) is 3.32. The van der Waals surface area contributed by atoms with Crippen molar-refractivity contribution in [2.24, 2.45) is 0 Å². The van der Waals surface area contributed by atoms with Crippen molar-refractivity contribution in [1.29, 1.82) is 0 Å². The molecule has 0 fully saturated rings. The van der Waals surface area contributed by atoms with Gasteiger partial charge in [-0.15, -0.1) is 0 Å². The third kappa shape index (κ3) is 5.44. The molecule has 1 N–H and O–H groups in total. The highest BCUT2D eigenvalue weighted by atomic mass is 19.4. The molecule has 0 unspecified atom stereocenters. The summed E-state index contributed by atoms with van der Waals surface area (Å²) in [5.41, 5.74) is 1.75. The zero-order valence-corrected chi connectivity index (χ0v) is 17.3. The van der Waals surface area contributed by atoms with E-state index in [1.807, 2.05) is 0 Å². The van der Waals surface area contributed by atoms with Crippen LogP contribution >= 0.6 is 0 Å². The Bertz CT molecular complexity index is 1120. The number of alkyl halides is 3. The Morgan fingerprint density at radius 1 is 1.09 bits per heavy atom. The van der Waals surface area contributed by atoms with Crippen molar-refractivity contribution in [3.05, 3.63) is 76.6 Å². The van der Waals surface area contributed by atoms with Crippen molar-refractivity contribution in [1.82, 2.24) is 20.3 Å². The molecule has 10 heteroatoms. The van der Waals surface area contributed by atoms with E-state index in [2.05, 4.69) is 25.0 Å². The number of carbonyl (C=O) groups is 1. The summed E-state index contributed by atoms with van der Waals surface area (Å²) in [6.45, 7) is 0.478. The van der Waals surface area contributed by atoms with Gasteiger partial charge in [0.25, 0.3) is 5.91 Å². The van der Waals surface area contributed by atoms with Gasteiger partial charge in [-0.05, 0) is 47.9 Å². The van der Waals surface area contributed by atoms with Crippen molar-refractivity contribution < 1.29 is 27.1 Å². The predicted molar refractivity (Wildman–Crippen MR) is 108 cm³/mol. The first-order valence-corrected chi connectivity index (χ1v) is 9.57. The Labute approximate surface area is 181 Å². The van der Waals surface area contributed by atoms with Crippen molar-refractivity contribution in [2.45, 2.75) is 19.0 Å². The second-order valence-corrected chi connectivity index (χ2v) is 7.02. The third-order valence-corrected chi connectivity index (χ3v) is 4.60. The van der Waals surface area contributed by atoms with Crippen molar-refractivity contribution in [2.75, 3.05) is 20.8 Å². The van der Waals surface area contributed by atoms with E-state index in [1.54, 1.807) is 26.4 Å². The van der Waals surface area contributed by atoms with Gasteiger partial charge in [0.2, 0.25) is 0 Å². The highest BCUT2D eigenvalue weighted by Crippen LogP contribution is 2.31. The maximum atomic E-state index is 13.6. The molecular formula is C22H20F4N4O2. The lowest BCUT2D eigenvalue weighted by Crippen LogP contribution is -2.32. The molecule has 1 aliphatic heterocycles. The molecule has 1 amide bonds. The number of benzene rings is 1. The Morgan fingerprint density at radius 2 is 1.84 bits per heavy atom. The summed E-state index contributed by atoms with van der Waals surface area (Å²) in [5.74, 6) is -1.16. The number of amides is 1. The summed E-state index contributed by atoms with van der Waals surface area (Å²) in [6, 6.07) is 5.62. The molecule has 1 aliphatic rings. The molecule has 0 spiro atoms. The smallest absolute Gasteiger partial charge is 0.388 e. The molecular weight excluding hydrogens is 428 g/mol. The minimum atomic E-state index is -4.64. The first-order chi connectivity index (χ1) is 15.2. The molecule has 1 aromatic carbocycles. The number of carbonyl (C=O) groups excluding carboxylic acids is 1. The zero-order valence-electron chi connectivity index (χ0n) is 17.3. The van der Waals surface area contributed by atoms with E-state index in [4.69, 9.17) is 0 Å². The molecule has 6 nitrogen and oxygen atoms in total. The Hall–Kier alpha value is -3.40. The average Bonchev–Trinajstić information content (AvgIpc) is 2.73. The SMILES string of the molecule is COC.O=C1NCCc2c1ccnc2-c1cc(Cc2cc(F)cc(C(F)(F)F)c2)ncn1. The van der Waals surface area contributed by atoms with Crippen LogP contribution in [0, 0.1) is 5.82 Å². The number of fused-ring (bicyclic) bond motifs is 1. The summed E-state index contributed by atoms with van der Waals surface area (Å²) in [4.78, 5) is 24.6. The fourth-order valence-corrected chi connectivity index (χ4v) is 3.32. The van der Waals surface area contributed by atoms with Gasteiger partial charge in [0, 0.05) is 44.6 Å². The molecule has 0 saturated carbocycles. The lowest BCUT2D eigenvalue weighted by molar-refractivity contribution is -0.137. The molecule has 2 aromatic heterocycles. The summed E-state index contributed by atoms with van der Waals surface area (Å²) >= 11 is 0. The van der Waals surface area contributed by atoms with Crippen LogP contribution in [0.1, 0.15) is 32.7 Å². The van der Waals surface area contributed by atoms with Gasteiger partial charge in [-0.25, -0.2) is 14.4 Å².